The first-order valence-corrected chi connectivity index (χ1v) is 12.0. The number of fused-ring (bicyclic) bond motifs is 2. The molecular formula is C27H33N3O5. The molecule has 0 aliphatic carbocycles. The average molecular weight is 480 g/mol. The molecule has 0 aromatic heterocycles. The Balaban J connectivity index is 1.50. The van der Waals surface area contributed by atoms with Gasteiger partial charge in [-0.1, -0.05) is 36.4 Å². The number of carbonyl (C=O) groups excluding carboxylic acids is 3. The van der Waals surface area contributed by atoms with Crippen molar-refractivity contribution >= 4 is 17.9 Å². The smallest absolute Gasteiger partial charge is 0.410 e. The topological polar surface area (TPSA) is 97.0 Å². The average Bonchev–Trinajstić information content (AvgIpc) is 2.84. The van der Waals surface area contributed by atoms with Crippen molar-refractivity contribution in [3.63, 3.8) is 0 Å². The number of rotatable bonds is 4. The van der Waals surface area contributed by atoms with Gasteiger partial charge in [-0.15, -0.1) is 0 Å². The second-order valence-electron chi connectivity index (χ2n) is 10.1. The van der Waals surface area contributed by atoms with Gasteiger partial charge in [0.05, 0.1) is 11.8 Å². The van der Waals surface area contributed by atoms with Crippen LogP contribution in [0.4, 0.5) is 4.79 Å². The summed E-state index contributed by atoms with van der Waals surface area (Å²) in [5, 5.41) is 5.73. The third-order valence-electron chi connectivity index (χ3n) is 6.38. The fraction of sp³-hybridized carbons (Fsp3) is 0.444. The van der Waals surface area contributed by atoms with Crippen LogP contribution in [0.2, 0.25) is 0 Å². The van der Waals surface area contributed by atoms with Crippen molar-refractivity contribution in [2.45, 2.75) is 38.7 Å². The van der Waals surface area contributed by atoms with Gasteiger partial charge in [-0.3, -0.25) is 9.59 Å². The van der Waals surface area contributed by atoms with E-state index < -0.39 is 23.5 Å². The lowest BCUT2D eigenvalue weighted by atomic mass is 9.86. The van der Waals surface area contributed by atoms with E-state index in [2.05, 4.69) is 10.6 Å². The molecule has 0 saturated carbocycles. The van der Waals surface area contributed by atoms with E-state index in [-0.39, 0.29) is 30.8 Å². The van der Waals surface area contributed by atoms with Crippen LogP contribution in [0.3, 0.4) is 0 Å². The molecule has 35 heavy (non-hydrogen) atoms. The van der Waals surface area contributed by atoms with Crippen LogP contribution in [0, 0.1) is 11.8 Å². The van der Waals surface area contributed by atoms with Gasteiger partial charge in [-0.25, -0.2) is 4.79 Å². The van der Waals surface area contributed by atoms with Crippen molar-refractivity contribution in [3.8, 4) is 11.5 Å². The van der Waals surface area contributed by atoms with Crippen molar-refractivity contribution in [2.75, 3.05) is 26.7 Å². The Hall–Kier alpha value is -3.55. The Morgan fingerprint density at radius 1 is 0.943 bits per heavy atom. The fourth-order valence-corrected chi connectivity index (χ4v) is 4.73. The summed E-state index contributed by atoms with van der Waals surface area (Å²) < 4.78 is 11.6. The molecule has 0 bridgehead atoms. The van der Waals surface area contributed by atoms with E-state index in [1.807, 2.05) is 48.5 Å². The SMILES string of the molecule is CNC(=O)C1CC(C(=O)NCC2c3ccccc3Oc3ccccc32)CN(C(=O)OC(C)(C)C)C1. The van der Waals surface area contributed by atoms with E-state index in [1.54, 1.807) is 27.8 Å². The zero-order valence-electron chi connectivity index (χ0n) is 20.7. The van der Waals surface area contributed by atoms with Gasteiger partial charge < -0.3 is 25.0 Å². The molecule has 2 N–H and O–H groups in total. The molecule has 1 fully saturated rings. The highest BCUT2D eigenvalue weighted by atomic mass is 16.6. The summed E-state index contributed by atoms with van der Waals surface area (Å²) in [4.78, 5) is 40.0. The van der Waals surface area contributed by atoms with E-state index in [0.717, 1.165) is 22.6 Å². The van der Waals surface area contributed by atoms with Gasteiger partial charge >= 0.3 is 6.09 Å². The number of benzene rings is 2. The first-order valence-electron chi connectivity index (χ1n) is 12.0. The Morgan fingerprint density at radius 2 is 1.49 bits per heavy atom. The number of carbonyl (C=O) groups is 3. The summed E-state index contributed by atoms with van der Waals surface area (Å²) in [5.41, 5.74) is 1.35. The minimum atomic E-state index is -0.668. The summed E-state index contributed by atoms with van der Waals surface area (Å²) in [6.45, 7) is 6.18. The lowest BCUT2D eigenvalue weighted by Gasteiger charge is -2.37. The minimum absolute atomic E-state index is 0.0691. The van der Waals surface area contributed by atoms with Crippen molar-refractivity contribution in [2.24, 2.45) is 11.8 Å². The molecule has 8 nitrogen and oxygen atoms in total. The van der Waals surface area contributed by atoms with E-state index >= 15 is 0 Å². The molecule has 0 spiro atoms. The molecule has 1 saturated heterocycles. The number of ether oxygens (including phenoxy) is 2. The van der Waals surface area contributed by atoms with Gasteiger partial charge in [0.25, 0.3) is 0 Å². The van der Waals surface area contributed by atoms with Crippen molar-refractivity contribution in [3.05, 3.63) is 59.7 Å². The van der Waals surface area contributed by atoms with Crippen LogP contribution in [0.5, 0.6) is 11.5 Å². The van der Waals surface area contributed by atoms with Gasteiger partial charge in [0, 0.05) is 43.7 Å². The number of hydrogen-bond acceptors (Lipinski definition) is 5. The second-order valence-corrected chi connectivity index (χ2v) is 10.1. The van der Waals surface area contributed by atoms with Crippen LogP contribution >= 0.6 is 0 Å². The number of para-hydroxylation sites is 2. The van der Waals surface area contributed by atoms with Crippen molar-refractivity contribution in [1.29, 1.82) is 0 Å². The zero-order chi connectivity index (χ0) is 25.2. The highest BCUT2D eigenvalue weighted by Gasteiger charge is 2.38. The molecule has 186 valence electrons. The monoisotopic (exact) mass is 479 g/mol. The first-order chi connectivity index (χ1) is 16.7. The van der Waals surface area contributed by atoms with Gasteiger partial charge in [0.2, 0.25) is 11.8 Å². The van der Waals surface area contributed by atoms with Crippen molar-refractivity contribution in [1.82, 2.24) is 15.5 Å². The molecule has 2 aliphatic rings. The number of amides is 3. The molecule has 2 aromatic rings. The maximum atomic E-state index is 13.3. The molecule has 2 atom stereocenters. The van der Waals surface area contributed by atoms with E-state index in [9.17, 15) is 14.4 Å². The number of likely N-dealkylation sites (tertiary alicyclic amines) is 1. The van der Waals surface area contributed by atoms with E-state index in [1.165, 1.54) is 4.90 Å². The van der Waals surface area contributed by atoms with Crippen molar-refractivity contribution < 1.29 is 23.9 Å². The van der Waals surface area contributed by atoms with Gasteiger partial charge in [0.1, 0.15) is 17.1 Å². The van der Waals surface area contributed by atoms with Crippen LogP contribution < -0.4 is 15.4 Å². The highest BCUT2D eigenvalue weighted by molar-refractivity contribution is 5.84. The van der Waals surface area contributed by atoms with E-state index in [0.29, 0.717) is 13.0 Å². The normalized spacial score (nSPS) is 19.6. The summed E-state index contributed by atoms with van der Waals surface area (Å²) in [5.74, 6) is 0.0978. The maximum absolute atomic E-state index is 13.3. The maximum Gasteiger partial charge on any atom is 0.410 e. The Morgan fingerprint density at radius 3 is 2.03 bits per heavy atom. The molecule has 2 aliphatic heterocycles. The molecule has 2 aromatic carbocycles. The Kier molecular flexibility index (Phi) is 7.00. The molecule has 2 heterocycles. The zero-order valence-corrected chi connectivity index (χ0v) is 20.7. The van der Waals surface area contributed by atoms with Gasteiger partial charge in [0.15, 0.2) is 0 Å². The largest absolute Gasteiger partial charge is 0.457 e. The summed E-state index contributed by atoms with van der Waals surface area (Å²) in [6, 6.07) is 15.6. The number of hydrogen-bond donors (Lipinski definition) is 2. The number of nitrogens with one attached hydrogen (secondary N) is 2. The fourth-order valence-electron chi connectivity index (χ4n) is 4.73. The quantitative estimate of drug-likeness (QED) is 0.698. The summed E-state index contributed by atoms with van der Waals surface area (Å²) in [7, 11) is 1.56. The van der Waals surface area contributed by atoms with Gasteiger partial charge in [-0.2, -0.15) is 0 Å². The first kappa shape index (κ1) is 24.6. The lowest BCUT2D eigenvalue weighted by Crippen LogP contribution is -2.52. The molecule has 2 unspecified atom stereocenters. The van der Waals surface area contributed by atoms with E-state index in [4.69, 9.17) is 9.47 Å². The molecule has 0 radical (unpaired) electrons. The minimum Gasteiger partial charge on any atom is -0.457 e. The highest BCUT2D eigenvalue weighted by Crippen LogP contribution is 2.43. The Bertz CT molecular complexity index is 1060. The summed E-state index contributed by atoms with van der Waals surface area (Å²) in [6.07, 6.45) is -0.151. The lowest BCUT2D eigenvalue weighted by molar-refractivity contribution is -0.131. The molecule has 4 rings (SSSR count). The van der Waals surface area contributed by atoms with Crippen LogP contribution in [-0.2, 0) is 14.3 Å². The molecule has 3 amide bonds. The predicted octanol–water partition coefficient (Wildman–Crippen LogP) is 3.66. The molecular weight excluding hydrogens is 446 g/mol. The summed E-state index contributed by atoms with van der Waals surface area (Å²) >= 11 is 0. The number of piperidine rings is 1. The van der Waals surface area contributed by atoms with Crippen LogP contribution in [-0.4, -0.2) is 55.1 Å². The standard InChI is InChI=1S/C27H33N3O5/c1-27(2,3)35-26(33)30-15-17(24(31)28-4)13-18(16-30)25(32)29-14-21-19-9-5-7-11-22(19)34-23-12-8-6-10-20(21)23/h5-12,17-18,21H,13-16H2,1-4H3,(H,28,31)(H,29,32). The third-order valence-corrected chi connectivity index (χ3v) is 6.38. The van der Waals surface area contributed by atoms with Crippen LogP contribution in [0.15, 0.2) is 48.5 Å². The molecule has 8 heteroatoms. The second kappa shape index (κ2) is 9.98. The predicted molar refractivity (Wildman–Crippen MR) is 131 cm³/mol. The Labute approximate surface area is 206 Å². The number of nitrogens with zero attached hydrogens (tertiary/aromatic N) is 1. The van der Waals surface area contributed by atoms with Crippen LogP contribution in [0.1, 0.15) is 44.2 Å². The van der Waals surface area contributed by atoms with Gasteiger partial charge in [-0.05, 0) is 39.3 Å². The third kappa shape index (κ3) is 5.58. The van der Waals surface area contributed by atoms with Crippen LogP contribution in [0.25, 0.3) is 0 Å².